The summed E-state index contributed by atoms with van der Waals surface area (Å²) in [5.74, 6) is -0.903. The van der Waals surface area contributed by atoms with Crippen LogP contribution in [0.15, 0.2) is 23.1 Å². The number of hydrogen-bond acceptors (Lipinski definition) is 4. The maximum absolute atomic E-state index is 15.4. The topological polar surface area (TPSA) is 93.5 Å². The zero-order valence-electron chi connectivity index (χ0n) is 17.1. The summed E-state index contributed by atoms with van der Waals surface area (Å²) < 4.78 is 22.3. The van der Waals surface area contributed by atoms with Crippen LogP contribution in [-0.4, -0.2) is 33.4 Å². The van der Waals surface area contributed by atoms with Crippen LogP contribution in [0, 0.1) is 18.7 Å². The number of nitrogens with zero attached hydrogens (tertiary/aromatic N) is 2. The molecule has 30 heavy (non-hydrogen) atoms. The Balaban J connectivity index is 2.00. The molecule has 2 N–H and O–H groups in total. The number of ether oxygens (including phenoxy) is 1. The molecule has 2 atom stereocenters. The van der Waals surface area contributed by atoms with E-state index in [0.717, 1.165) is 0 Å². The van der Waals surface area contributed by atoms with Gasteiger partial charge in [0.25, 0.3) is 5.56 Å². The number of aryl methyl sites for hydroxylation is 2. The highest BCUT2D eigenvalue weighted by molar-refractivity contribution is 6.33. The molecule has 1 amide bonds. The first-order chi connectivity index (χ1) is 14.1. The molecule has 9 heteroatoms. The standard InChI is InChI=1S/C21H23ClFN3O4/c1-10(7-11(2)25-21(28)29)9-30-19-15(22)8-14-13-5-6-24-12(3)16(13)20(27)26(4)18(14)17(19)23/h5-6,8,10-11,25H,7,9H2,1-4H3,(H,28,29). The molecule has 0 radical (unpaired) electrons. The van der Waals surface area contributed by atoms with Gasteiger partial charge in [0, 0.05) is 30.1 Å². The molecule has 0 saturated heterocycles. The van der Waals surface area contributed by atoms with Crippen LogP contribution in [0.3, 0.4) is 0 Å². The molecule has 2 heterocycles. The summed E-state index contributed by atoms with van der Waals surface area (Å²) in [6.45, 7) is 5.48. The summed E-state index contributed by atoms with van der Waals surface area (Å²) >= 11 is 6.34. The third-order valence-corrected chi connectivity index (χ3v) is 5.35. The van der Waals surface area contributed by atoms with E-state index in [1.165, 1.54) is 11.6 Å². The van der Waals surface area contributed by atoms with Crippen molar-refractivity contribution in [3.05, 3.63) is 45.2 Å². The largest absolute Gasteiger partial charge is 0.489 e. The van der Waals surface area contributed by atoms with Crippen LogP contribution < -0.4 is 15.6 Å². The summed E-state index contributed by atoms with van der Waals surface area (Å²) in [5.41, 5.74) is 0.313. The van der Waals surface area contributed by atoms with Gasteiger partial charge in [-0.1, -0.05) is 18.5 Å². The first-order valence-corrected chi connectivity index (χ1v) is 9.87. The van der Waals surface area contributed by atoms with E-state index in [-0.39, 0.29) is 40.4 Å². The van der Waals surface area contributed by atoms with Crippen molar-refractivity contribution in [1.82, 2.24) is 14.9 Å². The van der Waals surface area contributed by atoms with Crippen molar-refractivity contribution in [2.75, 3.05) is 6.61 Å². The Labute approximate surface area is 177 Å². The molecule has 0 aliphatic carbocycles. The number of benzene rings is 1. The second kappa shape index (κ2) is 8.47. The number of pyridine rings is 2. The van der Waals surface area contributed by atoms with E-state index < -0.39 is 11.9 Å². The summed E-state index contributed by atoms with van der Waals surface area (Å²) in [6.07, 6.45) is 0.979. The SMILES string of the molecule is Cc1nccc2c1c(=O)n(C)c1c(F)c(OCC(C)CC(C)NC(=O)O)c(Cl)cc21. The van der Waals surface area contributed by atoms with E-state index in [2.05, 4.69) is 10.3 Å². The van der Waals surface area contributed by atoms with Crippen molar-refractivity contribution in [2.24, 2.45) is 13.0 Å². The van der Waals surface area contributed by atoms with E-state index in [1.54, 1.807) is 32.2 Å². The van der Waals surface area contributed by atoms with Gasteiger partial charge in [0.05, 0.1) is 28.2 Å². The molecule has 0 bridgehead atoms. The normalized spacial score (nSPS) is 13.4. The molecule has 7 nitrogen and oxygen atoms in total. The Morgan fingerprint density at radius 2 is 2.10 bits per heavy atom. The number of aromatic nitrogens is 2. The minimum Gasteiger partial charge on any atom is -0.489 e. The average Bonchev–Trinajstić information content (AvgIpc) is 2.64. The van der Waals surface area contributed by atoms with E-state index >= 15 is 4.39 Å². The van der Waals surface area contributed by atoms with Crippen LogP contribution in [0.5, 0.6) is 5.75 Å². The third kappa shape index (κ3) is 4.05. The molecule has 2 aromatic heterocycles. The summed E-state index contributed by atoms with van der Waals surface area (Å²) in [4.78, 5) is 27.7. The molecule has 2 unspecified atom stereocenters. The Kier molecular flexibility index (Phi) is 6.17. The number of carbonyl (C=O) groups is 1. The van der Waals surface area contributed by atoms with Gasteiger partial charge in [-0.15, -0.1) is 0 Å². The second-order valence-electron chi connectivity index (χ2n) is 7.58. The number of fused-ring (bicyclic) bond motifs is 3. The molecule has 0 spiro atoms. The fraction of sp³-hybridized carbons (Fsp3) is 0.381. The number of halogens is 2. The smallest absolute Gasteiger partial charge is 0.404 e. The van der Waals surface area contributed by atoms with E-state index in [4.69, 9.17) is 21.4 Å². The van der Waals surface area contributed by atoms with Crippen molar-refractivity contribution >= 4 is 39.4 Å². The van der Waals surface area contributed by atoms with Gasteiger partial charge >= 0.3 is 6.09 Å². The molecule has 1 aromatic carbocycles. The molecular weight excluding hydrogens is 413 g/mol. The first kappa shape index (κ1) is 21.8. The van der Waals surface area contributed by atoms with Gasteiger partial charge in [-0.2, -0.15) is 0 Å². The van der Waals surface area contributed by atoms with Crippen LogP contribution in [0.4, 0.5) is 9.18 Å². The fourth-order valence-corrected chi connectivity index (χ4v) is 4.00. The average molecular weight is 436 g/mol. The van der Waals surface area contributed by atoms with Crippen molar-refractivity contribution in [3.63, 3.8) is 0 Å². The molecule has 0 saturated carbocycles. The highest BCUT2D eigenvalue weighted by Gasteiger charge is 2.21. The van der Waals surface area contributed by atoms with Crippen molar-refractivity contribution in [1.29, 1.82) is 0 Å². The lowest BCUT2D eigenvalue weighted by molar-refractivity contribution is 0.185. The molecule has 0 aliphatic heterocycles. The number of amides is 1. The predicted molar refractivity (Wildman–Crippen MR) is 114 cm³/mol. The van der Waals surface area contributed by atoms with Crippen molar-refractivity contribution in [3.8, 4) is 5.75 Å². The van der Waals surface area contributed by atoms with E-state index in [1.807, 2.05) is 6.92 Å². The molecule has 0 aliphatic rings. The van der Waals surface area contributed by atoms with Crippen LogP contribution in [0.2, 0.25) is 5.02 Å². The Bertz CT molecular complexity index is 1190. The highest BCUT2D eigenvalue weighted by Crippen LogP contribution is 2.36. The van der Waals surface area contributed by atoms with Crippen molar-refractivity contribution < 1.29 is 19.0 Å². The molecular formula is C21H23ClFN3O4. The van der Waals surface area contributed by atoms with Gasteiger partial charge in [-0.3, -0.25) is 9.78 Å². The highest BCUT2D eigenvalue weighted by atomic mass is 35.5. The molecule has 3 aromatic rings. The van der Waals surface area contributed by atoms with Gasteiger partial charge in [0.1, 0.15) is 0 Å². The van der Waals surface area contributed by atoms with Crippen molar-refractivity contribution in [2.45, 2.75) is 33.2 Å². The van der Waals surface area contributed by atoms with Crippen LogP contribution in [0.1, 0.15) is 26.0 Å². The number of carboxylic acid groups (broad SMARTS) is 1. The van der Waals surface area contributed by atoms with Gasteiger partial charge in [-0.05, 0) is 38.3 Å². The summed E-state index contributed by atoms with van der Waals surface area (Å²) in [6, 6.07) is 2.99. The maximum atomic E-state index is 15.4. The predicted octanol–water partition coefficient (Wildman–Crippen LogP) is 4.25. The van der Waals surface area contributed by atoms with Gasteiger partial charge in [-0.25, -0.2) is 9.18 Å². The minimum atomic E-state index is -1.10. The van der Waals surface area contributed by atoms with Crippen LogP contribution >= 0.6 is 11.6 Å². The summed E-state index contributed by atoms with van der Waals surface area (Å²) in [7, 11) is 1.50. The lowest BCUT2D eigenvalue weighted by Gasteiger charge is -2.19. The molecule has 0 fully saturated rings. The number of hydrogen-bond donors (Lipinski definition) is 2. The lowest BCUT2D eigenvalue weighted by Crippen LogP contribution is -2.33. The quantitative estimate of drug-likeness (QED) is 0.564. The molecule has 3 rings (SSSR count). The first-order valence-electron chi connectivity index (χ1n) is 9.50. The number of rotatable bonds is 6. The Morgan fingerprint density at radius 1 is 1.40 bits per heavy atom. The number of nitrogens with one attached hydrogen (secondary N) is 1. The van der Waals surface area contributed by atoms with E-state index in [9.17, 15) is 9.59 Å². The van der Waals surface area contributed by atoms with Gasteiger partial charge in [0.2, 0.25) is 0 Å². The fourth-order valence-electron chi connectivity index (χ4n) is 3.75. The zero-order valence-corrected chi connectivity index (χ0v) is 17.9. The lowest BCUT2D eigenvalue weighted by atomic mass is 10.0. The molecule has 160 valence electrons. The maximum Gasteiger partial charge on any atom is 0.404 e. The Hall–Kier alpha value is -2.87. The zero-order chi connectivity index (χ0) is 22.2. The third-order valence-electron chi connectivity index (χ3n) is 5.07. The minimum absolute atomic E-state index is 0.0628. The Morgan fingerprint density at radius 3 is 2.77 bits per heavy atom. The van der Waals surface area contributed by atoms with E-state index in [0.29, 0.717) is 28.3 Å². The van der Waals surface area contributed by atoms with Crippen LogP contribution in [0.25, 0.3) is 21.7 Å². The monoisotopic (exact) mass is 435 g/mol. The second-order valence-corrected chi connectivity index (χ2v) is 7.99. The van der Waals surface area contributed by atoms with Gasteiger partial charge < -0.3 is 19.7 Å². The van der Waals surface area contributed by atoms with Crippen LogP contribution in [-0.2, 0) is 7.05 Å². The van der Waals surface area contributed by atoms with Gasteiger partial charge in [0.15, 0.2) is 11.6 Å². The summed E-state index contributed by atoms with van der Waals surface area (Å²) in [5, 5.41) is 12.7.